The summed E-state index contributed by atoms with van der Waals surface area (Å²) in [7, 11) is 0. The predicted octanol–water partition coefficient (Wildman–Crippen LogP) is 3.16. The lowest BCUT2D eigenvalue weighted by molar-refractivity contribution is -0.138. The standard InChI is InChI=1S/C16H20N2O2/c1-16(2)19-11-14(20-16)9-8-13-10-15(18-17-13)12-6-4-3-5-7-12/h3-7,10,14H,8-9,11H2,1-2H3,(H,17,18). The summed E-state index contributed by atoms with van der Waals surface area (Å²) >= 11 is 0. The van der Waals surface area contributed by atoms with Crippen molar-refractivity contribution in [1.29, 1.82) is 0 Å². The van der Waals surface area contributed by atoms with Gasteiger partial charge >= 0.3 is 0 Å². The van der Waals surface area contributed by atoms with Gasteiger partial charge in [-0.15, -0.1) is 0 Å². The molecule has 1 N–H and O–H groups in total. The van der Waals surface area contributed by atoms with E-state index in [1.54, 1.807) is 0 Å². The average molecular weight is 272 g/mol. The molecule has 2 heterocycles. The largest absolute Gasteiger partial charge is 0.348 e. The highest BCUT2D eigenvalue weighted by Gasteiger charge is 2.32. The van der Waals surface area contributed by atoms with E-state index in [-0.39, 0.29) is 6.10 Å². The van der Waals surface area contributed by atoms with Crippen LogP contribution in [0.3, 0.4) is 0 Å². The number of aromatic nitrogens is 2. The Morgan fingerprint density at radius 3 is 2.80 bits per heavy atom. The fourth-order valence-corrected chi connectivity index (χ4v) is 2.47. The van der Waals surface area contributed by atoms with Gasteiger partial charge < -0.3 is 9.47 Å². The molecule has 1 aromatic heterocycles. The summed E-state index contributed by atoms with van der Waals surface area (Å²) < 4.78 is 11.4. The molecular weight excluding hydrogens is 252 g/mol. The van der Waals surface area contributed by atoms with Gasteiger partial charge in [-0.3, -0.25) is 5.10 Å². The van der Waals surface area contributed by atoms with Crippen LogP contribution in [0.5, 0.6) is 0 Å². The molecular formula is C16H20N2O2. The van der Waals surface area contributed by atoms with Gasteiger partial charge in [0.25, 0.3) is 0 Å². The molecule has 0 bridgehead atoms. The zero-order chi connectivity index (χ0) is 14.0. The molecule has 1 aromatic carbocycles. The molecule has 106 valence electrons. The first-order chi connectivity index (χ1) is 9.62. The van der Waals surface area contributed by atoms with Gasteiger partial charge in [0.1, 0.15) is 0 Å². The number of aromatic amines is 1. The quantitative estimate of drug-likeness (QED) is 0.930. The Kier molecular flexibility index (Phi) is 3.59. The molecule has 0 saturated carbocycles. The van der Waals surface area contributed by atoms with Crippen molar-refractivity contribution in [2.24, 2.45) is 0 Å². The molecule has 4 nitrogen and oxygen atoms in total. The second kappa shape index (κ2) is 5.38. The van der Waals surface area contributed by atoms with Crippen molar-refractivity contribution >= 4 is 0 Å². The smallest absolute Gasteiger partial charge is 0.163 e. The molecule has 0 radical (unpaired) electrons. The van der Waals surface area contributed by atoms with Crippen LogP contribution in [-0.2, 0) is 15.9 Å². The fourth-order valence-electron chi connectivity index (χ4n) is 2.47. The summed E-state index contributed by atoms with van der Waals surface area (Å²) in [4.78, 5) is 0. The first-order valence-electron chi connectivity index (χ1n) is 7.04. The van der Waals surface area contributed by atoms with Crippen LogP contribution >= 0.6 is 0 Å². The number of nitrogens with zero attached hydrogens (tertiary/aromatic N) is 1. The lowest BCUT2D eigenvalue weighted by Gasteiger charge is -2.16. The van der Waals surface area contributed by atoms with E-state index in [9.17, 15) is 0 Å². The van der Waals surface area contributed by atoms with Crippen LogP contribution in [0.15, 0.2) is 36.4 Å². The van der Waals surface area contributed by atoms with Crippen molar-refractivity contribution < 1.29 is 9.47 Å². The SMILES string of the molecule is CC1(C)OCC(CCc2cc(-c3ccccc3)n[nH]2)O1. The van der Waals surface area contributed by atoms with Crippen molar-refractivity contribution in [2.45, 2.75) is 38.6 Å². The summed E-state index contributed by atoms with van der Waals surface area (Å²) in [5, 5.41) is 7.47. The molecule has 1 unspecified atom stereocenters. The molecule has 0 amide bonds. The minimum Gasteiger partial charge on any atom is -0.348 e. The van der Waals surface area contributed by atoms with Gasteiger partial charge in [-0.2, -0.15) is 5.10 Å². The topological polar surface area (TPSA) is 47.1 Å². The Bertz CT molecular complexity index is 563. The highest BCUT2D eigenvalue weighted by atomic mass is 16.7. The molecule has 1 saturated heterocycles. The van der Waals surface area contributed by atoms with Crippen LogP contribution < -0.4 is 0 Å². The summed E-state index contributed by atoms with van der Waals surface area (Å²) in [6.07, 6.45) is 2.04. The number of hydrogen-bond donors (Lipinski definition) is 1. The monoisotopic (exact) mass is 272 g/mol. The predicted molar refractivity (Wildman–Crippen MR) is 77.2 cm³/mol. The molecule has 1 aliphatic heterocycles. The van der Waals surface area contributed by atoms with Crippen molar-refractivity contribution in [1.82, 2.24) is 10.2 Å². The minimum absolute atomic E-state index is 0.175. The Hall–Kier alpha value is -1.65. The maximum atomic E-state index is 5.81. The van der Waals surface area contributed by atoms with E-state index >= 15 is 0 Å². The van der Waals surface area contributed by atoms with E-state index in [4.69, 9.17) is 9.47 Å². The van der Waals surface area contributed by atoms with Gasteiger partial charge in [0, 0.05) is 11.3 Å². The highest BCUT2D eigenvalue weighted by Crippen LogP contribution is 2.25. The van der Waals surface area contributed by atoms with Crippen molar-refractivity contribution in [2.75, 3.05) is 6.61 Å². The minimum atomic E-state index is -0.437. The second-order valence-corrected chi connectivity index (χ2v) is 5.63. The zero-order valence-electron chi connectivity index (χ0n) is 11.9. The van der Waals surface area contributed by atoms with Gasteiger partial charge in [-0.1, -0.05) is 30.3 Å². The molecule has 1 aliphatic rings. The van der Waals surface area contributed by atoms with Crippen LogP contribution in [0.4, 0.5) is 0 Å². The summed E-state index contributed by atoms with van der Waals surface area (Å²) in [6.45, 7) is 4.58. The number of ether oxygens (including phenoxy) is 2. The van der Waals surface area contributed by atoms with E-state index in [0.717, 1.165) is 29.8 Å². The van der Waals surface area contributed by atoms with E-state index in [1.807, 2.05) is 32.0 Å². The third-order valence-electron chi connectivity index (χ3n) is 3.50. The molecule has 0 aliphatic carbocycles. The molecule has 0 spiro atoms. The lowest BCUT2D eigenvalue weighted by Crippen LogP contribution is -2.21. The maximum Gasteiger partial charge on any atom is 0.163 e. The first-order valence-corrected chi connectivity index (χ1v) is 7.04. The molecule has 1 atom stereocenters. The Morgan fingerprint density at radius 1 is 1.30 bits per heavy atom. The summed E-state index contributed by atoms with van der Waals surface area (Å²) in [6, 6.07) is 12.3. The lowest BCUT2D eigenvalue weighted by atomic mass is 10.1. The first kappa shape index (κ1) is 13.3. The van der Waals surface area contributed by atoms with Crippen molar-refractivity contribution in [3.8, 4) is 11.3 Å². The Balaban J connectivity index is 1.58. The van der Waals surface area contributed by atoms with Crippen molar-refractivity contribution in [3.63, 3.8) is 0 Å². The second-order valence-electron chi connectivity index (χ2n) is 5.63. The normalized spacial score (nSPS) is 21.2. The van der Waals surface area contributed by atoms with Crippen LogP contribution in [-0.4, -0.2) is 28.7 Å². The van der Waals surface area contributed by atoms with E-state index in [0.29, 0.717) is 6.61 Å². The average Bonchev–Trinajstić information content (AvgIpc) is 3.04. The van der Waals surface area contributed by atoms with Gasteiger partial charge in [-0.25, -0.2) is 0 Å². The van der Waals surface area contributed by atoms with Crippen molar-refractivity contribution in [3.05, 3.63) is 42.1 Å². The van der Waals surface area contributed by atoms with Crippen LogP contribution in [0, 0.1) is 0 Å². The van der Waals surface area contributed by atoms with E-state index < -0.39 is 5.79 Å². The third-order valence-corrected chi connectivity index (χ3v) is 3.50. The molecule has 4 heteroatoms. The van der Waals surface area contributed by atoms with Gasteiger partial charge in [0.2, 0.25) is 0 Å². The maximum absolute atomic E-state index is 5.81. The highest BCUT2D eigenvalue weighted by molar-refractivity contribution is 5.58. The Morgan fingerprint density at radius 2 is 2.10 bits per heavy atom. The van der Waals surface area contributed by atoms with Gasteiger partial charge in [0.15, 0.2) is 5.79 Å². The van der Waals surface area contributed by atoms with Crippen LogP contribution in [0.2, 0.25) is 0 Å². The van der Waals surface area contributed by atoms with Gasteiger partial charge in [-0.05, 0) is 32.8 Å². The number of aryl methyl sites for hydroxylation is 1. The van der Waals surface area contributed by atoms with E-state index in [2.05, 4.69) is 28.4 Å². The summed E-state index contributed by atoms with van der Waals surface area (Å²) in [5.41, 5.74) is 3.26. The van der Waals surface area contributed by atoms with Crippen LogP contribution in [0.25, 0.3) is 11.3 Å². The molecule has 20 heavy (non-hydrogen) atoms. The Labute approximate surface area is 119 Å². The van der Waals surface area contributed by atoms with Crippen LogP contribution in [0.1, 0.15) is 26.0 Å². The van der Waals surface area contributed by atoms with E-state index in [1.165, 1.54) is 0 Å². The van der Waals surface area contributed by atoms with Gasteiger partial charge in [0.05, 0.1) is 18.4 Å². The number of H-pyrrole nitrogens is 1. The molecule has 2 aromatic rings. The third kappa shape index (κ3) is 3.08. The fraction of sp³-hybridized carbons (Fsp3) is 0.438. The molecule has 3 rings (SSSR count). The summed E-state index contributed by atoms with van der Waals surface area (Å²) in [5.74, 6) is -0.437. The number of nitrogens with one attached hydrogen (secondary N) is 1. The number of rotatable bonds is 4. The number of benzene rings is 1. The zero-order valence-corrected chi connectivity index (χ0v) is 11.9. The molecule has 1 fully saturated rings. The number of hydrogen-bond acceptors (Lipinski definition) is 3.